The van der Waals surface area contributed by atoms with E-state index in [0.29, 0.717) is 28.0 Å². The molecule has 34 heavy (non-hydrogen) atoms. The van der Waals surface area contributed by atoms with Gasteiger partial charge in [0.25, 0.3) is 5.56 Å². The van der Waals surface area contributed by atoms with Gasteiger partial charge in [0.05, 0.1) is 24.6 Å². The van der Waals surface area contributed by atoms with Gasteiger partial charge in [-0.25, -0.2) is 12.8 Å². The number of nitrogens with zero attached hydrogens (tertiary/aromatic N) is 1. The van der Waals surface area contributed by atoms with Gasteiger partial charge in [-0.15, -0.1) is 0 Å². The van der Waals surface area contributed by atoms with E-state index in [1.165, 1.54) is 54.9 Å². The third-order valence-corrected chi connectivity index (χ3v) is 7.23. The lowest BCUT2D eigenvalue weighted by Crippen LogP contribution is -2.32. The fraction of sp³-hybridized carbons (Fsp3) is 0.160. The summed E-state index contributed by atoms with van der Waals surface area (Å²) in [4.78, 5) is 15.8. The molecule has 0 unspecified atom stereocenters. The van der Waals surface area contributed by atoms with Crippen LogP contribution in [0, 0.1) is 5.82 Å². The van der Waals surface area contributed by atoms with Gasteiger partial charge < -0.3 is 14.5 Å². The topological polar surface area (TPSA) is 88.7 Å². The summed E-state index contributed by atoms with van der Waals surface area (Å²) in [6.45, 7) is -0.227. The van der Waals surface area contributed by atoms with Crippen LogP contribution in [0.25, 0.3) is 10.9 Å². The smallest absolute Gasteiger partial charge is 0.252 e. The number of sulfonamides is 1. The highest BCUT2D eigenvalue weighted by molar-refractivity contribution is 7.89. The third kappa shape index (κ3) is 4.80. The molecular weight excluding hydrogens is 459 g/mol. The van der Waals surface area contributed by atoms with Gasteiger partial charge >= 0.3 is 0 Å². The monoisotopic (exact) mass is 482 g/mol. The van der Waals surface area contributed by atoms with E-state index in [1.54, 1.807) is 36.4 Å². The zero-order valence-electron chi connectivity index (χ0n) is 18.6. The largest absolute Gasteiger partial charge is 0.493 e. The van der Waals surface area contributed by atoms with E-state index in [1.807, 2.05) is 0 Å². The summed E-state index contributed by atoms with van der Waals surface area (Å²) < 4.78 is 52.2. The quantitative estimate of drug-likeness (QED) is 0.409. The van der Waals surface area contributed by atoms with Crippen LogP contribution in [0.15, 0.2) is 82.5 Å². The Labute approximate surface area is 196 Å². The molecule has 176 valence electrons. The van der Waals surface area contributed by atoms with Crippen molar-refractivity contribution in [1.29, 1.82) is 0 Å². The minimum absolute atomic E-state index is 0.0408. The molecule has 9 heteroatoms. The number of ether oxygens (including phenoxy) is 2. The molecule has 0 aliphatic rings. The van der Waals surface area contributed by atoms with Gasteiger partial charge in [-0.3, -0.25) is 4.79 Å². The van der Waals surface area contributed by atoms with Gasteiger partial charge in [0.2, 0.25) is 10.0 Å². The normalized spacial score (nSPS) is 11.6. The molecule has 0 radical (unpaired) electrons. The van der Waals surface area contributed by atoms with Crippen molar-refractivity contribution in [3.8, 4) is 11.5 Å². The number of aromatic nitrogens is 1. The molecule has 0 bridgehead atoms. The fourth-order valence-corrected chi connectivity index (χ4v) is 5.07. The molecule has 4 rings (SSSR count). The van der Waals surface area contributed by atoms with Crippen LogP contribution in [0.3, 0.4) is 0 Å². The maximum atomic E-state index is 13.5. The van der Waals surface area contributed by atoms with Crippen LogP contribution in [-0.2, 0) is 23.1 Å². The number of hydrogen-bond donors (Lipinski definition) is 1. The molecule has 0 saturated heterocycles. The average Bonchev–Trinajstić information content (AvgIpc) is 2.85. The second-order valence-electron chi connectivity index (χ2n) is 7.63. The molecule has 0 saturated carbocycles. The van der Waals surface area contributed by atoms with Gasteiger partial charge in [-0.05, 0) is 42.0 Å². The lowest BCUT2D eigenvalue weighted by atomic mass is 10.1. The van der Waals surface area contributed by atoms with E-state index >= 15 is 0 Å². The number of rotatable bonds is 8. The summed E-state index contributed by atoms with van der Waals surface area (Å²) in [5.74, 6) is 0.521. The minimum atomic E-state index is -3.96. The minimum Gasteiger partial charge on any atom is -0.493 e. The summed E-state index contributed by atoms with van der Waals surface area (Å²) in [6, 6.07) is 18.5. The van der Waals surface area contributed by atoms with E-state index in [2.05, 4.69) is 4.98 Å². The molecule has 1 N–H and O–H groups in total. The summed E-state index contributed by atoms with van der Waals surface area (Å²) in [6.07, 6.45) is 0. The lowest BCUT2D eigenvalue weighted by Gasteiger charge is -2.22. The predicted octanol–water partition coefficient (Wildman–Crippen LogP) is 4.08. The van der Waals surface area contributed by atoms with E-state index in [4.69, 9.17) is 9.47 Å². The highest BCUT2D eigenvalue weighted by Crippen LogP contribution is 2.31. The molecular formula is C25H23FN2O5S. The number of halogens is 1. The van der Waals surface area contributed by atoms with Crippen molar-refractivity contribution in [2.45, 2.75) is 18.0 Å². The first kappa shape index (κ1) is 23.5. The van der Waals surface area contributed by atoms with Crippen LogP contribution in [0.2, 0.25) is 0 Å². The Kier molecular flexibility index (Phi) is 6.67. The van der Waals surface area contributed by atoms with Crippen molar-refractivity contribution in [2.75, 3.05) is 14.2 Å². The Bertz CT molecular complexity index is 1470. The number of hydrogen-bond acceptors (Lipinski definition) is 5. The number of pyridine rings is 1. The van der Waals surface area contributed by atoms with E-state index in [9.17, 15) is 17.6 Å². The second kappa shape index (κ2) is 9.66. The molecule has 7 nitrogen and oxygen atoms in total. The van der Waals surface area contributed by atoms with Crippen molar-refractivity contribution in [2.24, 2.45) is 0 Å². The van der Waals surface area contributed by atoms with Gasteiger partial charge in [0.1, 0.15) is 5.82 Å². The average molecular weight is 483 g/mol. The van der Waals surface area contributed by atoms with E-state index in [0.717, 1.165) is 0 Å². The van der Waals surface area contributed by atoms with E-state index in [-0.39, 0.29) is 23.5 Å². The fourth-order valence-electron chi connectivity index (χ4n) is 3.65. The molecule has 0 aliphatic carbocycles. The Balaban J connectivity index is 1.78. The first-order chi connectivity index (χ1) is 16.3. The number of aromatic amines is 1. The van der Waals surface area contributed by atoms with Crippen LogP contribution in [0.4, 0.5) is 4.39 Å². The van der Waals surface area contributed by atoms with Crippen molar-refractivity contribution in [3.05, 3.63) is 100 Å². The molecule has 3 aromatic carbocycles. The number of fused-ring (bicyclic) bond motifs is 1. The standard InChI is InChI=1S/C25H23FN2O5S/c1-32-23-13-18-12-19(25(29)27-22(18)14-24(23)33-2)16-28(15-17-8-10-20(26)11-9-17)34(30,31)21-6-4-3-5-7-21/h3-14H,15-16H2,1-2H3,(H,27,29). The van der Waals surface area contributed by atoms with Crippen LogP contribution >= 0.6 is 0 Å². The van der Waals surface area contributed by atoms with Crippen molar-refractivity contribution in [3.63, 3.8) is 0 Å². The number of benzene rings is 3. The van der Waals surface area contributed by atoms with Gasteiger partial charge in [0.15, 0.2) is 11.5 Å². The molecule has 4 aromatic rings. The summed E-state index contributed by atoms with van der Waals surface area (Å²) in [5.41, 5.74) is 0.945. The summed E-state index contributed by atoms with van der Waals surface area (Å²) >= 11 is 0. The Hall–Kier alpha value is -3.69. The zero-order valence-corrected chi connectivity index (χ0v) is 19.4. The third-order valence-electron chi connectivity index (χ3n) is 5.43. The van der Waals surface area contributed by atoms with Gasteiger partial charge in [-0.1, -0.05) is 30.3 Å². The highest BCUT2D eigenvalue weighted by atomic mass is 32.2. The van der Waals surface area contributed by atoms with Crippen LogP contribution < -0.4 is 15.0 Å². The first-order valence-electron chi connectivity index (χ1n) is 10.4. The predicted molar refractivity (Wildman–Crippen MR) is 127 cm³/mol. The van der Waals surface area contributed by atoms with E-state index < -0.39 is 21.4 Å². The van der Waals surface area contributed by atoms with Crippen LogP contribution in [0.1, 0.15) is 11.1 Å². The van der Waals surface area contributed by atoms with Crippen LogP contribution in [0.5, 0.6) is 11.5 Å². The Morgan fingerprint density at radius 1 is 0.882 bits per heavy atom. The molecule has 0 aliphatic heterocycles. The molecule has 0 spiro atoms. The maximum absolute atomic E-state index is 13.5. The zero-order chi connectivity index (χ0) is 24.3. The van der Waals surface area contributed by atoms with Crippen molar-refractivity contribution >= 4 is 20.9 Å². The summed E-state index contributed by atoms with van der Waals surface area (Å²) in [5, 5.41) is 0.658. The SMILES string of the molecule is COc1cc2cc(CN(Cc3ccc(F)cc3)S(=O)(=O)c3ccccc3)c(=O)[nH]c2cc1OC. The van der Waals surface area contributed by atoms with Crippen molar-refractivity contribution in [1.82, 2.24) is 9.29 Å². The summed E-state index contributed by atoms with van der Waals surface area (Å²) in [7, 11) is -0.954. The Morgan fingerprint density at radius 3 is 2.18 bits per heavy atom. The van der Waals surface area contributed by atoms with Gasteiger partial charge in [0, 0.05) is 30.1 Å². The number of methoxy groups -OCH3 is 2. The Morgan fingerprint density at radius 2 is 1.53 bits per heavy atom. The molecule has 0 fully saturated rings. The molecule has 1 aromatic heterocycles. The number of H-pyrrole nitrogens is 1. The molecule has 1 heterocycles. The molecule has 0 amide bonds. The number of nitrogens with one attached hydrogen (secondary N) is 1. The lowest BCUT2D eigenvalue weighted by molar-refractivity contribution is 0.355. The maximum Gasteiger partial charge on any atom is 0.252 e. The van der Waals surface area contributed by atoms with Crippen LogP contribution in [-0.4, -0.2) is 31.9 Å². The van der Waals surface area contributed by atoms with Gasteiger partial charge in [-0.2, -0.15) is 4.31 Å². The first-order valence-corrected chi connectivity index (χ1v) is 11.8. The second-order valence-corrected chi connectivity index (χ2v) is 9.57. The highest BCUT2D eigenvalue weighted by Gasteiger charge is 2.26. The van der Waals surface area contributed by atoms with Crippen molar-refractivity contribution < 1.29 is 22.3 Å². The molecule has 0 atom stereocenters.